The summed E-state index contributed by atoms with van der Waals surface area (Å²) in [6.07, 6.45) is 0. The lowest BCUT2D eigenvalue weighted by atomic mass is 10.4. The summed E-state index contributed by atoms with van der Waals surface area (Å²) in [6.45, 7) is 1.59. The zero-order chi connectivity index (χ0) is 8.85. The quantitative estimate of drug-likeness (QED) is 0.581. The maximum atomic E-state index is 10.3. The molecule has 0 saturated heterocycles. The molecule has 5 heteroatoms. The average molecular weight is 171 g/mol. The summed E-state index contributed by atoms with van der Waals surface area (Å²) in [7, 11) is 0. The van der Waals surface area contributed by atoms with Gasteiger partial charge in [-0.2, -0.15) is 5.26 Å². The van der Waals surface area contributed by atoms with Gasteiger partial charge in [-0.3, -0.25) is 4.79 Å². The van der Waals surface area contributed by atoms with Crippen LogP contribution in [0.25, 0.3) is 0 Å². The highest BCUT2D eigenvalue weighted by Crippen LogP contribution is 2.12. The van der Waals surface area contributed by atoms with Crippen molar-refractivity contribution in [1.82, 2.24) is 0 Å². The van der Waals surface area contributed by atoms with Crippen LogP contribution in [0.4, 0.5) is 0 Å². The van der Waals surface area contributed by atoms with Gasteiger partial charge < -0.3 is 11.5 Å². The lowest BCUT2D eigenvalue weighted by molar-refractivity contribution is -0.115. The number of amides is 1. The van der Waals surface area contributed by atoms with Crippen LogP contribution in [-0.2, 0) is 4.79 Å². The van der Waals surface area contributed by atoms with E-state index in [9.17, 15) is 4.79 Å². The maximum Gasteiger partial charge on any atom is 0.227 e. The Hall–Kier alpha value is -1.15. The fraction of sp³-hybridized carbons (Fsp3) is 0.333. The van der Waals surface area contributed by atoms with E-state index in [2.05, 4.69) is 0 Å². The molecule has 0 spiro atoms. The van der Waals surface area contributed by atoms with Gasteiger partial charge in [-0.1, -0.05) is 11.8 Å². The molecule has 0 bridgehead atoms. The summed E-state index contributed by atoms with van der Waals surface area (Å²) >= 11 is 1.08. The Morgan fingerprint density at radius 1 is 1.64 bits per heavy atom. The van der Waals surface area contributed by atoms with Crippen molar-refractivity contribution in [3.8, 4) is 6.07 Å². The summed E-state index contributed by atoms with van der Waals surface area (Å²) in [4.78, 5) is 10.3. The Bertz CT molecular complexity index is 228. The van der Waals surface area contributed by atoms with Gasteiger partial charge in [0.2, 0.25) is 5.91 Å². The molecule has 0 rings (SSSR count). The standard InChI is InChI=1S/C6H9N3OS/c1-4(2-7)6(9)11-3-5(8)10/h3,9H2,1H3,(H2,8,10)/b6-4-. The third kappa shape index (κ3) is 4.28. The number of primary amides is 1. The molecule has 0 fully saturated rings. The molecule has 11 heavy (non-hydrogen) atoms. The van der Waals surface area contributed by atoms with Crippen LogP contribution in [0.5, 0.6) is 0 Å². The van der Waals surface area contributed by atoms with E-state index in [1.165, 1.54) is 0 Å². The van der Waals surface area contributed by atoms with Gasteiger partial charge >= 0.3 is 0 Å². The molecule has 0 aromatic carbocycles. The highest BCUT2D eigenvalue weighted by atomic mass is 32.2. The number of thioether (sulfide) groups is 1. The number of nitrogens with zero attached hydrogens (tertiary/aromatic N) is 1. The molecule has 0 aliphatic rings. The van der Waals surface area contributed by atoms with Crippen molar-refractivity contribution in [1.29, 1.82) is 5.26 Å². The first-order valence-corrected chi connectivity index (χ1v) is 3.84. The van der Waals surface area contributed by atoms with Crippen molar-refractivity contribution in [2.24, 2.45) is 11.5 Å². The number of hydrogen-bond donors (Lipinski definition) is 2. The first-order chi connectivity index (χ1) is 5.07. The third-order valence-electron chi connectivity index (χ3n) is 0.907. The number of carbonyl (C=O) groups excluding carboxylic acids is 1. The number of carbonyl (C=O) groups is 1. The first-order valence-electron chi connectivity index (χ1n) is 2.85. The smallest absolute Gasteiger partial charge is 0.227 e. The predicted octanol–water partition coefficient (Wildman–Crippen LogP) is -0.0813. The number of allylic oxidation sites excluding steroid dienone is 1. The van der Waals surface area contributed by atoms with Gasteiger partial charge in [0.05, 0.1) is 22.4 Å². The van der Waals surface area contributed by atoms with Crippen LogP contribution in [0.3, 0.4) is 0 Å². The lowest BCUT2D eigenvalue weighted by Crippen LogP contribution is -2.14. The van der Waals surface area contributed by atoms with Crippen LogP contribution >= 0.6 is 11.8 Å². The minimum absolute atomic E-state index is 0.116. The zero-order valence-electron chi connectivity index (χ0n) is 6.13. The molecule has 1 amide bonds. The van der Waals surface area contributed by atoms with Crippen molar-refractivity contribution in [3.63, 3.8) is 0 Å². The highest BCUT2D eigenvalue weighted by molar-refractivity contribution is 8.03. The number of nitrogens with two attached hydrogens (primary N) is 2. The summed E-state index contributed by atoms with van der Waals surface area (Å²) in [5.74, 6) is -0.325. The van der Waals surface area contributed by atoms with Gasteiger partial charge in [0.25, 0.3) is 0 Å². The normalized spacial score (nSPS) is 11.6. The highest BCUT2D eigenvalue weighted by Gasteiger charge is 1.99. The van der Waals surface area contributed by atoms with E-state index in [0.717, 1.165) is 11.8 Å². The van der Waals surface area contributed by atoms with Crippen molar-refractivity contribution in [2.75, 3.05) is 5.75 Å². The van der Waals surface area contributed by atoms with Gasteiger partial charge in [-0.15, -0.1) is 0 Å². The molecule has 60 valence electrons. The molecule has 4 nitrogen and oxygen atoms in total. The van der Waals surface area contributed by atoms with Crippen LogP contribution in [0.1, 0.15) is 6.92 Å². The molecule has 0 radical (unpaired) electrons. The van der Waals surface area contributed by atoms with Gasteiger partial charge in [-0.05, 0) is 6.92 Å². The van der Waals surface area contributed by atoms with Crippen LogP contribution in [0.2, 0.25) is 0 Å². The van der Waals surface area contributed by atoms with Crippen molar-refractivity contribution >= 4 is 17.7 Å². The molecule has 4 N–H and O–H groups in total. The summed E-state index contributed by atoms with van der Waals surface area (Å²) in [6, 6.07) is 1.87. The summed E-state index contributed by atoms with van der Waals surface area (Å²) in [5, 5.41) is 8.71. The predicted molar refractivity (Wildman–Crippen MR) is 44.2 cm³/mol. The second-order valence-corrected chi connectivity index (χ2v) is 2.87. The minimum Gasteiger partial charge on any atom is -0.393 e. The van der Waals surface area contributed by atoms with E-state index in [-0.39, 0.29) is 5.75 Å². The SMILES string of the molecule is C/C(C#N)=C(\N)SCC(N)=O. The Morgan fingerprint density at radius 3 is 2.55 bits per heavy atom. The van der Waals surface area contributed by atoms with E-state index in [1.54, 1.807) is 6.92 Å². The van der Waals surface area contributed by atoms with E-state index in [4.69, 9.17) is 16.7 Å². The Balaban J connectivity index is 3.99. The average Bonchev–Trinajstić information content (AvgIpc) is 1.98. The van der Waals surface area contributed by atoms with Gasteiger partial charge in [0, 0.05) is 0 Å². The summed E-state index contributed by atoms with van der Waals surface area (Å²) in [5.41, 5.74) is 10.7. The Kier molecular flexibility index (Phi) is 4.15. The molecule has 0 atom stereocenters. The van der Waals surface area contributed by atoms with Crippen molar-refractivity contribution in [3.05, 3.63) is 10.6 Å². The van der Waals surface area contributed by atoms with Crippen LogP contribution in [0.15, 0.2) is 10.6 Å². The van der Waals surface area contributed by atoms with E-state index >= 15 is 0 Å². The Labute approximate surface area is 69.2 Å². The zero-order valence-corrected chi connectivity index (χ0v) is 6.94. The largest absolute Gasteiger partial charge is 0.393 e. The lowest BCUT2D eigenvalue weighted by Gasteiger charge is -1.97. The van der Waals surface area contributed by atoms with Crippen LogP contribution in [0, 0.1) is 11.3 Å². The van der Waals surface area contributed by atoms with Crippen LogP contribution in [-0.4, -0.2) is 11.7 Å². The number of nitriles is 1. The fourth-order valence-electron chi connectivity index (χ4n) is 0.312. The first kappa shape index (κ1) is 9.85. The molecule has 0 saturated carbocycles. The molecule has 0 unspecified atom stereocenters. The molecule has 0 heterocycles. The third-order valence-corrected chi connectivity index (χ3v) is 1.95. The molecular formula is C6H9N3OS. The second kappa shape index (κ2) is 4.63. The molecule has 0 aromatic rings. The number of rotatable bonds is 3. The van der Waals surface area contributed by atoms with Gasteiger partial charge in [0.15, 0.2) is 0 Å². The monoisotopic (exact) mass is 171 g/mol. The van der Waals surface area contributed by atoms with E-state index < -0.39 is 5.91 Å². The molecule has 0 aliphatic heterocycles. The molecule has 0 aromatic heterocycles. The Morgan fingerprint density at radius 2 is 2.18 bits per heavy atom. The van der Waals surface area contributed by atoms with Gasteiger partial charge in [0.1, 0.15) is 0 Å². The maximum absolute atomic E-state index is 10.3. The van der Waals surface area contributed by atoms with Gasteiger partial charge in [-0.25, -0.2) is 0 Å². The van der Waals surface area contributed by atoms with E-state index in [1.807, 2.05) is 6.07 Å². The van der Waals surface area contributed by atoms with E-state index in [0.29, 0.717) is 10.6 Å². The van der Waals surface area contributed by atoms with Crippen molar-refractivity contribution < 1.29 is 4.79 Å². The van der Waals surface area contributed by atoms with Crippen molar-refractivity contribution in [2.45, 2.75) is 6.92 Å². The van der Waals surface area contributed by atoms with Crippen LogP contribution < -0.4 is 11.5 Å². The minimum atomic E-state index is -0.441. The second-order valence-electron chi connectivity index (χ2n) is 1.86. The topological polar surface area (TPSA) is 92.9 Å². The number of hydrogen-bond acceptors (Lipinski definition) is 4. The molecule has 0 aliphatic carbocycles. The summed E-state index contributed by atoms with van der Waals surface area (Å²) < 4.78 is 0. The fourth-order valence-corrected chi connectivity index (χ4v) is 0.872. The molecular weight excluding hydrogens is 162 g/mol.